The predicted molar refractivity (Wildman–Crippen MR) is 81.2 cm³/mol. The van der Waals surface area contributed by atoms with Gasteiger partial charge in [-0.25, -0.2) is 0 Å². The fourth-order valence-electron chi connectivity index (χ4n) is 1.92. The molecule has 0 amide bonds. The van der Waals surface area contributed by atoms with Gasteiger partial charge in [0.05, 0.1) is 23.9 Å². The number of hydrogen-bond donors (Lipinski definition) is 1. The lowest BCUT2D eigenvalue weighted by Crippen LogP contribution is -2.10. The van der Waals surface area contributed by atoms with Crippen LogP contribution < -0.4 is 15.4 Å². The second-order valence-corrected chi connectivity index (χ2v) is 4.37. The topological polar surface area (TPSA) is 62.3 Å². The van der Waals surface area contributed by atoms with Crippen LogP contribution in [0, 0.1) is 11.3 Å². The molecule has 0 aliphatic heterocycles. The minimum Gasteiger partial charge on any atom is -0.492 e. The number of hydrogen-bond acceptors (Lipinski definition) is 4. The van der Waals surface area contributed by atoms with E-state index in [1.54, 1.807) is 12.1 Å². The molecule has 0 atom stereocenters. The summed E-state index contributed by atoms with van der Waals surface area (Å²) in [5, 5.41) is 8.82. The average Bonchev–Trinajstić information content (AvgIpc) is 2.49. The summed E-state index contributed by atoms with van der Waals surface area (Å²) in [5.74, 6) is 0.686. The zero-order valence-electron chi connectivity index (χ0n) is 11.6. The molecule has 0 unspecified atom stereocenters. The molecule has 0 aromatic heterocycles. The van der Waals surface area contributed by atoms with Gasteiger partial charge in [0.1, 0.15) is 5.75 Å². The molecular formula is C16H17N3O. The number of nitrogen functional groups attached to an aromatic ring is 1. The highest BCUT2D eigenvalue weighted by Crippen LogP contribution is 2.31. The van der Waals surface area contributed by atoms with Crippen LogP contribution >= 0.6 is 0 Å². The highest BCUT2D eigenvalue weighted by atomic mass is 16.5. The van der Waals surface area contributed by atoms with Crippen LogP contribution in [-0.2, 0) is 0 Å². The lowest BCUT2D eigenvalue weighted by molar-refractivity contribution is 0.342. The molecule has 4 nitrogen and oxygen atoms in total. The van der Waals surface area contributed by atoms with Crippen molar-refractivity contribution in [2.24, 2.45) is 0 Å². The smallest absolute Gasteiger partial charge is 0.144 e. The summed E-state index contributed by atoms with van der Waals surface area (Å²) in [5.41, 5.74) is 9.12. The first-order valence-corrected chi connectivity index (χ1v) is 6.42. The number of nitrogens with two attached hydrogens (primary N) is 1. The summed E-state index contributed by atoms with van der Waals surface area (Å²) in [6, 6.07) is 15.2. The van der Waals surface area contributed by atoms with Crippen molar-refractivity contribution in [3.8, 4) is 11.8 Å². The molecule has 0 aliphatic carbocycles. The van der Waals surface area contributed by atoms with Gasteiger partial charge in [-0.2, -0.15) is 5.26 Å². The summed E-state index contributed by atoms with van der Waals surface area (Å²) in [4.78, 5) is 2.02. The van der Waals surface area contributed by atoms with Crippen molar-refractivity contribution < 1.29 is 4.74 Å². The number of nitrogens with zero attached hydrogens (tertiary/aromatic N) is 2. The maximum Gasteiger partial charge on any atom is 0.144 e. The zero-order valence-corrected chi connectivity index (χ0v) is 11.6. The van der Waals surface area contributed by atoms with Crippen LogP contribution in [-0.4, -0.2) is 13.7 Å². The van der Waals surface area contributed by atoms with E-state index in [-0.39, 0.29) is 0 Å². The Hall–Kier alpha value is -2.67. The molecule has 0 saturated carbocycles. The van der Waals surface area contributed by atoms with Gasteiger partial charge >= 0.3 is 0 Å². The summed E-state index contributed by atoms with van der Waals surface area (Å²) >= 11 is 0. The number of nitriles is 1. The number of ether oxygens (including phenoxy) is 1. The summed E-state index contributed by atoms with van der Waals surface area (Å²) < 4.78 is 5.51. The maximum absolute atomic E-state index is 8.82. The number of benzene rings is 2. The molecule has 102 valence electrons. The van der Waals surface area contributed by atoms with E-state index in [2.05, 4.69) is 6.07 Å². The molecule has 2 aromatic carbocycles. The molecule has 0 heterocycles. The van der Waals surface area contributed by atoms with Gasteiger partial charge in [-0.3, -0.25) is 0 Å². The first-order valence-electron chi connectivity index (χ1n) is 6.42. The first kappa shape index (κ1) is 13.8. The Balaban J connectivity index is 2.30. The van der Waals surface area contributed by atoms with Crippen LogP contribution in [0.25, 0.3) is 0 Å². The second-order valence-electron chi connectivity index (χ2n) is 4.37. The third kappa shape index (κ3) is 2.83. The van der Waals surface area contributed by atoms with E-state index < -0.39 is 0 Å². The quantitative estimate of drug-likeness (QED) is 0.863. The van der Waals surface area contributed by atoms with Crippen molar-refractivity contribution in [3.05, 3.63) is 48.0 Å². The average molecular weight is 267 g/mol. The fourth-order valence-corrected chi connectivity index (χ4v) is 1.92. The molecule has 2 N–H and O–H groups in total. The zero-order chi connectivity index (χ0) is 14.5. The summed E-state index contributed by atoms with van der Waals surface area (Å²) in [6.45, 7) is 2.50. The maximum atomic E-state index is 8.82. The van der Waals surface area contributed by atoms with Crippen LogP contribution in [0.1, 0.15) is 12.5 Å². The Morgan fingerprint density at radius 2 is 1.80 bits per heavy atom. The van der Waals surface area contributed by atoms with Gasteiger partial charge in [-0.15, -0.1) is 0 Å². The van der Waals surface area contributed by atoms with Gasteiger partial charge in [0.2, 0.25) is 0 Å². The molecule has 4 heteroatoms. The summed E-state index contributed by atoms with van der Waals surface area (Å²) in [7, 11) is 1.96. The molecule has 20 heavy (non-hydrogen) atoms. The molecule has 2 rings (SSSR count). The van der Waals surface area contributed by atoms with Gasteiger partial charge in [0.15, 0.2) is 0 Å². The van der Waals surface area contributed by atoms with E-state index >= 15 is 0 Å². The standard InChI is InChI=1S/C16H17N3O/c1-3-20-16-10-14(8-9-15(16)18)19(2)13-6-4-12(11-17)5-7-13/h4-10H,3,18H2,1-2H3. The van der Waals surface area contributed by atoms with Crippen molar-refractivity contribution in [3.63, 3.8) is 0 Å². The lowest BCUT2D eigenvalue weighted by atomic mass is 10.2. The van der Waals surface area contributed by atoms with E-state index in [1.807, 2.05) is 49.2 Å². The normalized spacial score (nSPS) is 9.85. The van der Waals surface area contributed by atoms with Crippen molar-refractivity contribution in [2.45, 2.75) is 6.92 Å². The molecule has 0 aliphatic rings. The first-order chi connectivity index (χ1) is 9.65. The second kappa shape index (κ2) is 5.98. The molecule has 0 fully saturated rings. The number of rotatable bonds is 4. The van der Waals surface area contributed by atoms with E-state index in [0.717, 1.165) is 11.4 Å². The van der Waals surface area contributed by atoms with Crippen molar-refractivity contribution in [2.75, 3.05) is 24.3 Å². The van der Waals surface area contributed by atoms with Gasteiger partial charge in [0, 0.05) is 24.5 Å². The minimum atomic E-state index is 0.578. The summed E-state index contributed by atoms with van der Waals surface area (Å²) in [6.07, 6.45) is 0. The Labute approximate surface area is 119 Å². The van der Waals surface area contributed by atoms with Crippen LogP contribution in [0.15, 0.2) is 42.5 Å². The van der Waals surface area contributed by atoms with Crippen LogP contribution in [0.2, 0.25) is 0 Å². The Bertz CT molecular complexity index is 629. The molecule has 0 radical (unpaired) electrons. The van der Waals surface area contributed by atoms with Crippen LogP contribution in [0.3, 0.4) is 0 Å². The molecular weight excluding hydrogens is 250 g/mol. The highest BCUT2D eigenvalue weighted by Gasteiger charge is 2.07. The Morgan fingerprint density at radius 1 is 1.15 bits per heavy atom. The van der Waals surface area contributed by atoms with Crippen LogP contribution in [0.4, 0.5) is 17.1 Å². The SMILES string of the molecule is CCOc1cc(N(C)c2ccc(C#N)cc2)ccc1N. The van der Waals surface area contributed by atoms with Gasteiger partial charge in [-0.05, 0) is 43.3 Å². The minimum absolute atomic E-state index is 0.578. The van der Waals surface area contributed by atoms with Gasteiger partial charge in [0.25, 0.3) is 0 Å². The predicted octanol–water partition coefficient (Wildman–Crippen LogP) is 3.31. The van der Waals surface area contributed by atoms with E-state index in [1.165, 1.54) is 0 Å². The lowest BCUT2D eigenvalue weighted by Gasteiger charge is -2.21. The van der Waals surface area contributed by atoms with Gasteiger partial charge in [-0.1, -0.05) is 0 Å². The van der Waals surface area contributed by atoms with Crippen LogP contribution in [0.5, 0.6) is 5.75 Å². The monoisotopic (exact) mass is 267 g/mol. The van der Waals surface area contributed by atoms with E-state index in [9.17, 15) is 0 Å². The highest BCUT2D eigenvalue weighted by molar-refractivity contribution is 5.68. The molecule has 0 spiro atoms. The number of anilines is 3. The molecule has 0 bridgehead atoms. The Morgan fingerprint density at radius 3 is 2.40 bits per heavy atom. The fraction of sp³-hybridized carbons (Fsp3) is 0.188. The van der Waals surface area contributed by atoms with E-state index in [4.69, 9.17) is 15.7 Å². The van der Waals surface area contributed by atoms with E-state index in [0.29, 0.717) is 23.6 Å². The van der Waals surface area contributed by atoms with Gasteiger partial charge < -0.3 is 15.4 Å². The third-order valence-corrected chi connectivity index (χ3v) is 3.07. The van der Waals surface area contributed by atoms with Crippen molar-refractivity contribution >= 4 is 17.1 Å². The van der Waals surface area contributed by atoms with Crippen molar-refractivity contribution in [1.82, 2.24) is 0 Å². The largest absolute Gasteiger partial charge is 0.492 e. The molecule has 0 saturated heterocycles. The third-order valence-electron chi connectivity index (χ3n) is 3.07. The Kier molecular flexibility index (Phi) is 4.11. The van der Waals surface area contributed by atoms with Crippen molar-refractivity contribution in [1.29, 1.82) is 5.26 Å². The molecule has 2 aromatic rings.